The minimum atomic E-state index is -5.00. The molecule has 91 heavy (non-hydrogen) atoms. The summed E-state index contributed by atoms with van der Waals surface area (Å²) in [5.41, 5.74) is 7.92. The fourth-order valence-electron chi connectivity index (χ4n) is 9.76. The van der Waals surface area contributed by atoms with Crippen LogP contribution in [0.15, 0.2) is 209 Å². The Kier molecular flexibility index (Phi) is 25.5. The van der Waals surface area contributed by atoms with Crippen LogP contribution in [0.25, 0.3) is 23.7 Å². The van der Waals surface area contributed by atoms with E-state index in [1.54, 1.807) is 88.9 Å². The van der Waals surface area contributed by atoms with Crippen LogP contribution in [0.5, 0.6) is 11.5 Å². The standard InChI is InChI=1S/C34H29O7PS2.C19H18O3S.C15H12O2S.Cl3OP.Na/c1-4-39-34(35)21(2)22-16-17-31-24(18-22)20-28(25-11-6-8-15-32(25)43-31)40-42(36,37)41-29-19-23-10-5-7-14-30(23)44-33-26(29)12-9-13-27(33)38-3;1-3-22-19(21)12(2)13-8-9-17-14(10-13)11-16(20)15-6-4-5-7-18(15)23-17;1-17-13-7-4-6-11-12(16)9-10-5-2-3-8-14(10)18-15(11)13;1-5(2,3)4;/h5-21H,4H2,1-3H3,(H,36,37);4-10,12H,3,11H2,1-2H3;2-8H,9H2,1H3;;/q;;;;+1/p-1. The van der Waals surface area contributed by atoms with Crippen molar-refractivity contribution in [3.63, 3.8) is 0 Å². The molecule has 0 bridgehead atoms. The largest absolute Gasteiger partial charge is 1.00 e. The number of phosphoric ester groups is 1. The Bertz CT molecular complexity index is 4210. The maximum absolute atomic E-state index is 13.7. The molecule has 13 nitrogen and oxygen atoms in total. The van der Waals surface area contributed by atoms with Gasteiger partial charge in [-0.3, -0.25) is 23.7 Å². The van der Waals surface area contributed by atoms with Crippen molar-refractivity contribution in [3.05, 3.63) is 225 Å². The summed E-state index contributed by atoms with van der Waals surface area (Å²) < 4.78 is 56.1. The van der Waals surface area contributed by atoms with E-state index in [-0.39, 0.29) is 77.1 Å². The molecule has 4 heterocycles. The van der Waals surface area contributed by atoms with Crippen molar-refractivity contribution < 1.29 is 90.8 Å². The van der Waals surface area contributed by atoms with Gasteiger partial charge in [0.05, 0.1) is 49.1 Å². The molecule has 0 saturated heterocycles. The van der Waals surface area contributed by atoms with Gasteiger partial charge in [0.15, 0.2) is 11.6 Å². The third kappa shape index (κ3) is 18.4. The smallest absolute Gasteiger partial charge is 0.736 e. The number of carbonyl (C=O) groups is 4. The van der Waals surface area contributed by atoms with Crippen molar-refractivity contribution in [1.82, 2.24) is 0 Å². The van der Waals surface area contributed by atoms with E-state index in [0.29, 0.717) is 41.9 Å². The van der Waals surface area contributed by atoms with Gasteiger partial charge in [0.2, 0.25) is 0 Å². The molecular formula is C68H58Cl3NaO13P2S4. The van der Waals surface area contributed by atoms with E-state index in [4.69, 9.17) is 28.0 Å². The number of esters is 2. The zero-order valence-corrected chi connectivity index (χ0v) is 59.6. The van der Waals surface area contributed by atoms with Gasteiger partial charge in [0.25, 0.3) is 0 Å². The Balaban J connectivity index is 0.000000188. The molecule has 4 aliphatic heterocycles. The van der Waals surface area contributed by atoms with Crippen molar-refractivity contribution in [2.75, 3.05) is 27.4 Å². The predicted octanol–water partition coefficient (Wildman–Crippen LogP) is 16.1. The van der Waals surface area contributed by atoms with Gasteiger partial charge in [-0.05, 0) is 174 Å². The molecule has 464 valence electrons. The van der Waals surface area contributed by atoms with Crippen molar-refractivity contribution in [1.29, 1.82) is 0 Å². The molecule has 0 fully saturated rings. The number of ketones is 2. The first-order valence-electron chi connectivity index (χ1n) is 28.1. The molecule has 3 unspecified atom stereocenters. The predicted molar refractivity (Wildman–Crippen MR) is 358 cm³/mol. The number of rotatable bonds is 12. The Morgan fingerprint density at radius 2 is 0.912 bits per heavy atom. The molecule has 12 rings (SSSR count). The second-order valence-corrected chi connectivity index (χ2v) is 32.2. The molecule has 0 spiro atoms. The van der Waals surface area contributed by atoms with Crippen LogP contribution in [0.2, 0.25) is 0 Å². The van der Waals surface area contributed by atoms with Crippen molar-refractivity contribution in [2.24, 2.45) is 0 Å². The minimum Gasteiger partial charge on any atom is -0.736 e. The number of methoxy groups -OCH3 is 2. The normalized spacial score (nSPS) is 14.4. The number of ether oxygens (including phenoxy) is 4. The zero-order valence-electron chi connectivity index (χ0n) is 50.3. The summed E-state index contributed by atoms with van der Waals surface area (Å²) in [6.45, 7) is 7.84. The molecule has 0 N–H and O–H groups in total. The van der Waals surface area contributed by atoms with Crippen LogP contribution >= 0.6 is 93.8 Å². The second-order valence-electron chi connectivity index (χ2n) is 20.1. The number of carbonyl (C=O) groups excluding carboxylic acids is 4. The summed E-state index contributed by atoms with van der Waals surface area (Å²) in [6.07, 6.45) is 4.20. The van der Waals surface area contributed by atoms with Crippen LogP contribution in [0.3, 0.4) is 0 Å². The Hall–Kier alpha value is -5.59. The Labute approximate surface area is 582 Å². The topological polar surface area (TPSA) is 181 Å². The third-order valence-electron chi connectivity index (χ3n) is 14.2. The maximum atomic E-state index is 13.7. The number of hydrogen-bond acceptors (Lipinski definition) is 17. The van der Waals surface area contributed by atoms with E-state index in [1.807, 2.05) is 153 Å². The van der Waals surface area contributed by atoms with Crippen LogP contribution in [0, 0.1) is 0 Å². The van der Waals surface area contributed by atoms with Gasteiger partial charge in [-0.15, -0.1) is 0 Å². The van der Waals surface area contributed by atoms with E-state index in [1.165, 1.54) is 23.5 Å². The van der Waals surface area contributed by atoms with Gasteiger partial charge in [-0.25, -0.2) is 4.57 Å². The van der Waals surface area contributed by atoms with Crippen LogP contribution in [0.4, 0.5) is 0 Å². The number of phosphoric acid groups is 1. The molecule has 0 aromatic heterocycles. The average Bonchev–Trinajstić information content (AvgIpc) is 1.73. The number of benzene rings is 8. The number of halogens is 3. The molecule has 0 radical (unpaired) electrons. The minimum absolute atomic E-state index is 0. The summed E-state index contributed by atoms with van der Waals surface area (Å²) in [7, 11) is -1.79. The molecule has 0 amide bonds. The Morgan fingerprint density at radius 1 is 0.495 bits per heavy atom. The summed E-state index contributed by atoms with van der Waals surface area (Å²) in [6, 6.07) is 53.4. The number of fused-ring (bicyclic) bond motifs is 8. The molecule has 0 saturated carbocycles. The van der Waals surface area contributed by atoms with E-state index in [2.05, 4.69) is 39.8 Å². The summed E-state index contributed by atoms with van der Waals surface area (Å²) >= 11 is 20.0. The number of Topliss-reactive ketones (excluding diaryl/α,β-unsaturated/α-hetero) is 2. The quantitative estimate of drug-likeness (QED) is 0.0639. The molecule has 4 aliphatic rings. The van der Waals surface area contributed by atoms with Crippen molar-refractivity contribution >= 4 is 141 Å². The summed E-state index contributed by atoms with van der Waals surface area (Å²) in [5, 5.41) is -3.22. The fraction of sp³-hybridized carbons (Fsp3) is 0.176. The van der Waals surface area contributed by atoms with Crippen LogP contribution in [-0.2, 0) is 50.1 Å². The zero-order chi connectivity index (χ0) is 64.3. The molecular weight excluding hydrogens is 1340 g/mol. The molecule has 8 aromatic carbocycles. The van der Waals surface area contributed by atoms with E-state index < -0.39 is 18.9 Å². The van der Waals surface area contributed by atoms with Gasteiger partial charge in [0.1, 0.15) is 23.0 Å². The fourth-order valence-corrected chi connectivity index (χ4v) is 15.0. The van der Waals surface area contributed by atoms with Gasteiger partial charge in [-0.2, -0.15) is 0 Å². The molecule has 8 aromatic rings. The van der Waals surface area contributed by atoms with Crippen molar-refractivity contribution in [2.45, 2.75) is 91.5 Å². The third-order valence-corrected chi connectivity index (χ3v) is 19.8. The van der Waals surface area contributed by atoms with E-state index in [9.17, 15) is 33.2 Å². The average molecular weight is 1400 g/mol. The van der Waals surface area contributed by atoms with E-state index >= 15 is 0 Å². The molecule has 0 aliphatic carbocycles. The number of hydrogen-bond donors (Lipinski definition) is 0. The Morgan fingerprint density at radius 3 is 1.53 bits per heavy atom. The first kappa shape index (κ1) is 71.3. The SMILES string of the molecule is CCOC(=O)C(C)c1ccc2c(c1)C=C(OP(=O)([O-])OC1=Cc3ccccc3Sc3c(OC)cccc31)c1ccccc1S2.CCOC(=O)C(C)c1ccc2c(c1)CC(=O)c1ccccc1S2.COc1cccc2c1Sc1ccccc1CC2=O.O=P(Cl)(Cl)Cl.[Na+]. The monoisotopic (exact) mass is 1400 g/mol. The maximum Gasteiger partial charge on any atom is 1.00 e. The van der Waals surface area contributed by atoms with Crippen LogP contribution in [0.1, 0.15) is 105 Å². The first-order valence-corrected chi connectivity index (χ1v) is 37.2. The van der Waals surface area contributed by atoms with Crippen LogP contribution in [-0.4, -0.2) is 50.9 Å². The molecule has 3 atom stereocenters. The van der Waals surface area contributed by atoms with Gasteiger partial charge < -0.3 is 32.9 Å². The summed E-state index contributed by atoms with van der Waals surface area (Å²) in [5.74, 6) is 0.484. The first-order chi connectivity index (χ1) is 43.1. The van der Waals surface area contributed by atoms with Crippen LogP contribution < -0.4 is 43.9 Å². The van der Waals surface area contributed by atoms with Gasteiger partial charge in [-0.1, -0.05) is 150 Å². The van der Waals surface area contributed by atoms with Crippen molar-refractivity contribution in [3.8, 4) is 11.5 Å². The summed E-state index contributed by atoms with van der Waals surface area (Å²) in [4.78, 5) is 70.3. The van der Waals surface area contributed by atoms with E-state index in [0.717, 1.165) is 83.9 Å². The second kappa shape index (κ2) is 32.5. The molecule has 23 heteroatoms. The van der Waals surface area contributed by atoms with Gasteiger partial charge >= 0.3 is 54.5 Å². The van der Waals surface area contributed by atoms with Gasteiger partial charge in [0, 0.05) is 64.5 Å².